The van der Waals surface area contributed by atoms with E-state index in [2.05, 4.69) is 55.2 Å². The number of aromatic nitrogens is 3. The molecule has 0 radical (unpaired) electrons. The van der Waals surface area contributed by atoms with Crippen LogP contribution in [0.2, 0.25) is 0 Å². The smallest absolute Gasteiger partial charge is 0.274 e. The van der Waals surface area contributed by atoms with Crippen molar-refractivity contribution in [3.63, 3.8) is 0 Å². The number of rotatable bonds is 5. The van der Waals surface area contributed by atoms with Crippen molar-refractivity contribution in [1.82, 2.24) is 19.4 Å². The van der Waals surface area contributed by atoms with Gasteiger partial charge in [-0.3, -0.25) is 14.7 Å². The molecule has 5 rings (SSSR count). The van der Waals surface area contributed by atoms with Crippen molar-refractivity contribution in [2.24, 2.45) is 0 Å². The minimum absolute atomic E-state index is 0.193. The molecule has 0 saturated heterocycles. The average Bonchev–Trinajstić information content (AvgIpc) is 3.28. The van der Waals surface area contributed by atoms with Gasteiger partial charge in [0.05, 0.1) is 0 Å². The first kappa shape index (κ1) is 19.2. The summed E-state index contributed by atoms with van der Waals surface area (Å²) in [4.78, 5) is 23.5. The lowest BCUT2D eigenvalue weighted by molar-refractivity contribution is 0.102. The molecule has 0 unspecified atom stereocenters. The lowest BCUT2D eigenvalue weighted by Gasteiger charge is -2.29. The first-order chi connectivity index (χ1) is 15.3. The van der Waals surface area contributed by atoms with Gasteiger partial charge in [0.15, 0.2) is 0 Å². The van der Waals surface area contributed by atoms with Crippen LogP contribution in [-0.4, -0.2) is 31.9 Å². The molecule has 0 fully saturated rings. The maximum atomic E-state index is 12.4. The van der Waals surface area contributed by atoms with Crippen LogP contribution < -0.4 is 5.32 Å². The van der Waals surface area contributed by atoms with Gasteiger partial charge in [-0.1, -0.05) is 18.2 Å². The summed E-state index contributed by atoms with van der Waals surface area (Å²) >= 11 is 0. The molecule has 0 aliphatic carbocycles. The molecule has 6 heteroatoms. The number of nitrogens with zero attached hydrogens (tertiary/aromatic N) is 4. The lowest BCUT2D eigenvalue weighted by atomic mass is 9.99. The second-order valence-corrected chi connectivity index (χ2v) is 7.67. The molecule has 1 N–H and O–H groups in total. The average molecular weight is 409 g/mol. The van der Waals surface area contributed by atoms with Crippen molar-refractivity contribution >= 4 is 11.6 Å². The van der Waals surface area contributed by atoms with Crippen LogP contribution in [-0.2, 0) is 19.5 Å². The van der Waals surface area contributed by atoms with Crippen molar-refractivity contribution in [3.05, 3.63) is 108 Å². The summed E-state index contributed by atoms with van der Waals surface area (Å²) in [5.74, 6) is 0.737. The third kappa shape index (κ3) is 4.25. The highest BCUT2D eigenvalue weighted by Crippen LogP contribution is 2.24. The molecule has 0 bridgehead atoms. The zero-order valence-electron chi connectivity index (χ0n) is 17.1. The van der Waals surface area contributed by atoms with Crippen molar-refractivity contribution in [2.75, 3.05) is 11.9 Å². The van der Waals surface area contributed by atoms with Crippen LogP contribution >= 0.6 is 0 Å². The predicted octanol–water partition coefficient (Wildman–Crippen LogP) is 4.08. The highest BCUT2D eigenvalue weighted by atomic mass is 16.1. The second kappa shape index (κ2) is 8.53. The van der Waals surface area contributed by atoms with Gasteiger partial charge in [-0.2, -0.15) is 0 Å². The molecule has 6 nitrogen and oxygen atoms in total. The van der Waals surface area contributed by atoms with E-state index >= 15 is 0 Å². The Kier molecular flexibility index (Phi) is 5.29. The van der Waals surface area contributed by atoms with Crippen LogP contribution in [0.5, 0.6) is 0 Å². The zero-order chi connectivity index (χ0) is 21.0. The Hall–Kier alpha value is -3.77. The SMILES string of the molecule is O=C(Nc1ccc2c(c1)CN(Cc1cccn1-c1ccccn1)CC2)c1ccccn1. The molecule has 154 valence electrons. The van der Waals surface area contributed by atoms with Crippen LogP contribution in [0.1, 0.15) is 27.3 Å². The Labute approximate surface area is 181 Å². The number of benzene rings is 1. The molecular weight excluding hydrogens is 386 g/mol. The van der Waals surface area contributed by atoms with Gasteiger partial charge in [-0.05, 0) is 66.1 Å². The van der Waals surface area contributed by atoms with E-state index in [1.165, 1.54) is 16.8 Å². The largest absolute Gasteiger partial charge is 0.321 e. The molecule has 1 amide bonds. The van der Waals surface area contributed by atoms with E-state index in [4.69, 9.17) is 0 Å². The summed E-state index contributed by atoms with van der Waals surface area (Å²) in [5, 5.41) is 2.97. The molecule has 1 aliphatic heterocycles. The maximum absolute atomic E-state index is 12.4. The summed E-state index contributed by atoms with van der Waals surface area (Å²) < 4.78 is 2.14. The van der Waals surface area contributed by atoms with Gasteiger partial charge in [0.1, 0.15) is 11.5 Å². The van der Waals surface area contributed by atoms with Gasteiger partial charge in [0.25, 0.3) is 5.91 Å². The quantitative estimate of drug-likeness (QED) is 0.540. The van der Waals surface area contributed by atoms with Gasteiger partial charge in [0, 0.05) is 49.6 Å². The fourth-order valence-corrected chi connectivity index (χ4v) is 4.01. The van der Waals surface area contributed by atoms with Crippen molar-refractivity contribution < 1.29 is 4.79 Å². The number of carbonyl (C=O) groups is 1. The third-order valence-corrected chi connectivity index (χ3v) is 5.57. The fraction of sp³-hybridized carbons (Fsp3) is 0.160. The van der Waals surface area contributed by atoms with Crippen molar-refractivity contribution in [1.29, 1.82) is 0 Å². The third-order valence-electron chi connectivity index (χ3n) is 5.57. The first-order valence-corrected chi connectivity index (χ1v) is 10.4. The van der Waals surface area contributed by atoms with E-state index < -0.39 is 0 Å². The number of amides is 1. The number of anilines is 1. The summed E-state index contributed by atoms with van der Waals surface area (Å²) in [6, 6.07) is 21.7. The van der Waals surface area contributed by atoms with Crippen LogP contribution in [0.3, 0.4) is 0 Å². The van der Waals surface area contributed by atoms with Gasteiger partial charge in [0.2, 0.25) is 0 Å². The molecule has 3 aromatic heterocycles. The monoisotopic (exact) mass is 409 g/mol. The topological polar surface area (TPSA) is 63.1 Å². The second-order valence-electron chi connectivity index (χ2n) is 7.67. The lowest BCUT2D eigenvalue weighted by Crippen LogP contribution is -2.31. The normalized spacial score (nSPS) is 13.5. The molecule has 31 heavy (non-hydrogen) atoms. The van der Waals surface area contributed by atoms with E-state index in [1.807, 2.05) is 36.5 Å². The summed E-state index contributed by atoms with van der Waals surface area (Å²) in [7, 11) is 0. The Bertz CT molecular complexity index is 1190. The van der Waals surface area contributed by atoms with Crippen molar-refractivity contribution in [3.8, 4) is 5.82 Å². The Morgan fingerprint density at radius 2 is 1.81 bits per heavy atom. The number of hydrogen-bond acceptors (Lipinski definition) is 4. The fourth-order valence-electron chi connectivity index (χ4n) is 4.01. The Balaban J connectivity index is 1.30. The maximum Gasteiger partial charge on any atom is 0.274 e. The zero-order valence-corrected chi connectivity index (χ0v) is 17.1. The molecule has 0 saturated carbocycles. The predicted molar refractivity (Wildman–Crippen MR) is 120 cm³/mol. The van der Waals surface area contributed by atoms with Gasteiger partial charge in [-0.25, -0.2) is 4.98 Å². The van der Waals surface area contributed by atoms with Crippen LogP contribution in [0.4, 0.5) is 5.69 Å². The molecule has 0 atom stereocenters. The number of fused-ring (bicyclic) bond motifs is 1. The van der Waals surface area contributed by atoms with Crippen molar-refractivity contribution in [2.45, 2.75) is 19.5 Å². The van der Waals surface area contributed by atoms with Gasteiger partial charge >= 0.3 is 0 Å². The molecule has 1 aromatic carbocycles. The molecule has 1 aliphatic rings. The Morgan fingerprint density at radius 1 is 0.935 bits per heavy atom. The minimum Gasteiger partial charge on any atom is -0.321 e. The van der Waals surface area contributed by atoms with E-state index in [0.29, 0.717) is 5.69 Å². The highest BCUT2D eigenvalue weighted by Gasteiger charge is 2.19. The summed E-state index contributed by atoms with van der Waals surface area (Å²) in [5.41, 5.74) is 5.01. The van der Waals surface area contributed by atoms with E-state index in [-0.39, 0.29) is 5.91 Å². The van der Waals surface area contributed by atoms with E-state index in [9.17, 15) is 4.79 Å². The minimum atomic E-state index is -0.193. The molecule has 0 spiro atoms. The summed E-state index contributed by atoms with van der Waals surface area (Å²) in [6.45, 7) is 2.68. The van der Waals surface area contributed by atoms with Gasteiger partial charge in [-0.15, -0.1) is 0 Å². The standard InChI is InChI=1S/C25H23N5O/c31-25(23-7-1-3-12-26-23)28-21-10-9-19-11-15-29(17-20(19)16-21)18-22-6-5-14-30(22)24-8-2-4-13-27-24/h1-10,12-14,16H,11,15,17-18H2,(H,28,31). The molecule has 4 aromatic rings. The van der Waals surface area contributed by atoms with E-state index in [1.54, 1.807) is 18.3 Å². The molecule has 4 heterocycles. The number of hydrogen-bond donors (Lipinski definition) is 1. The van der Waals surface area contributed by atoms with Crippen LogP contribution in [0.25, 0.3) is 5.82 Å². The highest BCUT2D eigenvalue weighted by molar-refractivity contribution is 6.02. The van der Waals surface area contributed by atoms with Gasteiger partial charge < -0.3 is 9.88 Å². The Morgan fingerprint density at radius 3 is 2.61 bits per heavy atom. The summed E-state index contributed by atoms with van der Waals surface area (Å²) in [6.07, 6.45) is 6.49. The van der Waals surface area contributed by atoms with E-state index in [0.717, 1.165) is 37.6 Å². The number of pyridine rings is 2. The van der Waals surface area contributed by atoms with Crippen LogP contribution in [0, 0.1) is 0 Å². The molecular formula is C25H23N5O. The van der Waals surface area contributed by atoms with Crippen LogP contribution in [0.15, 0.2) is 85.3 Å². The first-order valence-electron chi connectivity index (χ1n) is 10.4. The number of carbonyl (C=O) groups excluding carboxylic acids is 1. The number of nitrogens with one attached hydrogen (secondary N) is 1.